The molecule has 4 nitrogen and oxygen atoms in total. The van der Waals surface area contributed by atoms with Gasteiger partial charge in [-0.05, 0) is 18.2 Å². The second-order valence-corrected chi connectivity index (χ2v) is 6.55. The highest BCUT2D eigenvalue weighted by Gasteiger charge is 2.32. The highest BCUT2D eigenvalue weighted by molar-refractivity contribution is 7.89. The fraction of sp³-hybridized carbons (Fsp3) is 0.143. The molecule has 0 aromatic heterocycles. The highest BCUT2D eigenvalue weighted by Crippen LogP contribution is 2.27. The van der Waals surface area contributed by atoms with Crippen LogP contribution in [-0.2, 0) is 16.6 Å². The summed E-state index contributed by atoms with van der Waals surface area (Å²) in [6, 6.07) is 11.0. The van der Waals surface area contributed by atoms with Gasteiger partial charge < -0.3 is 4.74 Å². The first-order valence-electron chi connectivity index (χ1n) is 6.27. The summed E-state index contributed by atoms with van der Waals surface area (Å²) in [6.45, 7) is -0.375. The summed E-state index contributed by atoms with van der Waals surface area (Å²) in [5, 5.41) is 0.0137. The molecule has 0 heterocycles. The summed E-state index contributed by atoms with van der Waals surface area (Å²) in [5.74, 6) is -0.471. The van der Waals surface area contributed by atoms with Crippen molar-refractivity contribution in [1.29, 1.82) is 0 Å². The third-order valence-corrected chi connectivity index (χ3v) is 4.68. The third kappa shape index (κ3) is 4.85. The maximum atomic E-state index is 12.3. The van der Waals surface area contributed by atoms with Gasteiger partial charge in [-0.15, -0.1) is 13.2 Å². The normalized spacial score (nSPS) is 12.2. The molecular weight excluding hydrogens is 355 g/mol. The standard InChI is InChI=1S/C14H11ClF3NO3S/c15-11-6-2-4-8-13(11)23(20,21)19-9-10-5-1-3-7-12(10)22-14(16,17)18/h1-8,19H,9H2. The first-order valence-corrected chi connectivity index (χ1v) is 8.13. The van der Waals surface area contributed by atoms with Crippen LogP contribution in [0.2, 0.25) is 5.02 Å². The van der Waals surface area contributed by atoms with Crippen LogP contribution >= 0.6 is 11.6 Å². The van der Waals surface area contributed by atoms with Gasteiger partial charge in [-0.3, -0.25) is 0 Å². The minimum Gasteiger partial charge on any atom is -0.405 e. The Morgan fingerprint density at radius 2 is 1.65 bits per heavy atom. The molecule has 0 atom stereocenters. The van der Waals surface area contributed by atoms with Gasteiger partial charge in [0, 0.05) is 12.1 Å². The molecule has 0 fully saturated rings. The van der Waals surface area contributed by atoms with E-state index in [0.29, 0.717) is 0 Å². The number of nitrogens with one attached hydrogen (secondary N) is 1. The number of ether oxygens (including phenoxy) is 1. The Morgan fingerprint density at radius 3 is 2.30 bits per heavy atom. The van der Waals surface area contributed by atoms with Gasteiger partial charge in [0.25, 0.3) is 0 Å². The minimum absolute atomic E-state index is 0.0137. The zero-order chi connectivity index (χ0) is 17.1. The SMILES string of the molecule is O=S(=O)(NCc1ccccc1OC(F)(F)F)c1ccccc1Cl. The zero-order valence-electron chi connectivity index (χ0n) is 11.5. The van der Waals surface area contributed by atoms with Gasteiger partial charge in [-0.2, -0.15) is 0 Å². The first kappa shape index (κ1) is 17.6. The van der Waals surface area contributed by atoms with E-state index in [9.17, 15) is 21.6 Å². The molecule has 23 heavy (non-hydrogen) atoms. The maximum absolute atomic E-state index is 12.3. The lowest BCUT2D eigenvalue weighted by atomic mass is 10.2. The van der Waals surface area contributed by atoms with Gasteiger partial charge in [-0.25, -0.2) is 13.1 Å². The summed E-state index contributed by atoms with van der Waals surface area (Å²) < 4.78 is 67.4. The molecule has 2 aromatic rings. The van der Waals surface area contributed by atoms with Crippen molar-refractivity contribution in [2.75, 3.05) is 0 Å². The van der Waals surface area contributed by atoms with Crippen molar-refractivity contribution in [3.05, 3.63) is 59.1 Å². The molecule has 0 radical (unpaired) electrons. The number of sulfonamides is 1. The van der Waals surface area contributed by atoms with Crippen LogP contribution in [0.25, 0.3) is 0 Å². The van der Waals surface area contributed by atoms with E-state index >= 15 is 0 Å². The largest absolute Gasteiger partial charge is 0.573 e. The number of hydrogen-bond donors (Lipinski definition) is 1. The van der Waals surface area contributed by atoms with Crippen LogP contribution in [0.3, 0.4) is 0 Å². The molecule has 2 rings (SSSR count). The molecule has 0 aliphatic heterocycles. The molecular formula is C14H11ClF3NO3S. The predicted molar refractivity (Wildman–Crippen MR) is 78.6 cm³/mol. The lowest BCUT2D eigenvalue weighted by Crippen LogP contribution is -2.25. The second kappa shape index (κ2) is 6.77. The average Bonchev–Trinajstić information content (AvgIpc) is 2.45. The number of halogens is 4. The van der Waals surface area contributed by atoms with E-state index in [1.165, 1.54) is 36.4 Å². The van der Waals surface area contributed by atoms with Gasteiger partial charge in [0.1, 0.15) is 10.6 Å². The van der Waals surface area contributed by atoms with Crippen LogP contribution in [0, 0.1) is 0 Å². The molecule has 2 aromatic carbocycles. The van der Waals surface area contributed by atoms with Crippen LogP contribution < -0.4 is 9.46 Å². The van der Waals surface area contributed by atoms with Crippen molar-refractivity contribution in [3.63, 3.8) is 0 Å². The topological polar surface area (TPSA) is 55.4 Å². The Morgan fingerprint density at radius 1 is 1.04 bits per heavy atom. The third-order valence-electron chi connectivity index (χ3n) is 2.78. The Kier molecular flexibility index (Phi) is 5.18. The van der Waals surface area contributed by atoms with Crippen molar-refractivity contribution in [2.24, 2.45) is 0 Å². The van der Waals surface area contributed by atoms with Gasteiger partial charge in [-0.1, -0.05) is 41.9 Å². The average molecular weight is 366 g/mol. The summed E-state index contributed by atoms with van der Waals surface area (Å²) >= 11 is 5.82. The molecule has 0 spiro atoms. The van der Waals surface area contributed by atoms with Crippen LogP contribution in [-0.4, -0.2) is 14.8 Å². The summed E-state index contributed by atoms with van der Waals surface area (Å²) in [7, 11) is -3.97. The Labute approximate surface area is 135 Å². The van der Waals surface area contributed by atoms with E-state index in [1.54, 1.807) is 6.07 Å². The smallest absolute Gasteiger partial charge is 0.405 e. The van der Waals surface area contributed by atoms with Crippen molar-refractivity contribution in [3.8, 4) is 5.75 Å². The van der Waals surface area contributed by atoms with Crippen LogP contribution in [0.1, 0.15) is 5.56 Å². The Balaban J connectivity index is 2.20. The molecule has 0 aliphatic rings. The molecule has 9 heteroatoms. The van der Waals surface area contributed by atoms with Crippen LogP contribution in [0.4, 0.5) is 13.2 Å². The number of benzene rings is 2. The Hall–Kier alpha value is -1.77. The monoisotopic (exact) mass is 365 g/mol. The highest BCUT2D eigenvalue weighted by atomic mass is 35.5. The van der Waals surface area contributed by atoms with Crippen LogP contribution in [0.5, 0.6) is 5.75 Å². The van der Waals surface area contributed by atoms with Crippen molar-refractivity contribution in [2.45, 2.75) is 17.8 Å². The van der Waals surface area contributed by atoms with E-state index in [-0.39, 0.29) is 22.0 Å². The number of hydrogen-bond acceptors (Lipinski definition) is 3. The fourth-order valence-electron chi connectivity index (χ4n) is 1.79. The molecule has 0 amide bonds. The molecule has 0 unspecified atom stereocenters. The van der Waals surface area contributed by atoms with Gasteiger partial charge in [0.05, 0.1) is 5.02 Å². The minimum atomic E-state index is -4.86. The lowest BCUT2D eigenvalue weighted by Gasteiger charge is -2.14. The van der Waals surface area contributed by atoms with E-state index in [4.69, 9.17) is 11.6 Å². The number of rotatable bonds is 5. The molecule has 124 valence electrons. The predicted octanol–water partition coefficient (Wildman–Crippen LogP) is 3.72. The molecule has 0 bridgehead atoms. The summed E-state index contributed by atoms with van der Waals surface area (Å²) in [6.07, 6.45) is -4.86. The maximum Gasteiger partial charge on any atom is 0.573 e. The van der Waals surface area contributed by atoms with Gasteiger partial charge >= 0.3 is 6.36 Å². The number of alkyl halides is 3. The quantitative estimate of drug-likeness (QED) is 0.878. The van der Waals surface area contributed by atoms with Crippen molar-refractivity contribution in [1.82, 2.24) is 4.72 Å². The summed E-state index contributed by atoms with van der Waals surface area (Å²) in [4.78, 5) is -0.157. The second-order valence-electron chi connectivity index (χ2n) is 4.41. The van der Waals surface area contributed by atoms with E-state index in [0.717, 1.165) is 6.07 Å². The molecule has 0 aliphatic carbocycles. The van der Waals surface area contributed by atoms with E-state index in [1.807, 2.05) is 0 Å². The van der Waals surface area contributed by atoms with Crippen molar-refractivity contribution >= 4 is 21.6 Å². The van der Waals surface area contributed by atoms with E-state index < -0.39 is 22.1 Å². The molecule has 0 saturated heterocycles. The fourth-order valence-corrected chi connectivity index (χ4v) is 3.31. The van der Waals surface area contributed by atoms with Gasteiger partial charge in [0.15, 0.2) is 0 Å². The molecule has 1 N–H and O–H groups in total. The lowest BCUT2D eigenvalue weighted by molar-refractivity contribution is -0.274. The first-order chi connectivity index (χ1) is 10.7. The van der Waals surface area contributed by atoms with Gasteiger partial charge in [0.2, 0.25) is 10.0 Å². The molecule has 0 saturated carbocycles. The zero-order valence-corrected chi connectivity index (χ0v) is 13.0. The number of para-hydroxylation sites is 1. The van der Waals surface area contributed by atoms with Crippen LogP contribution in [0.15, 0.2) is 53.4 Å². The Bertz CT molecular complexity index is 794. The van der Waals surface area contributed by atoms with E-state index in [2.05, 4.69) is 9.46 Å². The van der Waals surface area contributed by atoms with Crippen molar-refractivity contribution < 1.29 is 26.3 Å². The summed E-state index contributed by atoms with van der Waals surface area (Å²) in [5.41, 5.74) is 0.0421.